The molecule has 1 aliphatic carbocycles. The van der Waals surface area contributed by atoms with Crippen LogP contribution in [0.4, 0.5) is 5.82 Å². The highest BCUT2D eigenvalue weighted by molar-refractivity contribution is 5.81. The van der Waals surface area contributed by atoms with Crippen molar-refractivity contribution in [1.82, 2.24) is 19.5 Å². The van der Waals surface area contributed by atoms with Crippen LogP contribution in [0.3, 0.4) is 0 Å². The number of hydrogen-bond acceptors (Lipinski definition) is 9. The van der Waals surface area contributed by atoms with E-state index in [0.717, 1.165) is 24.0 Å². The molecule has 5 N–H and O–H groups in total. The molecule has 0 saturated carbocycles. The van der Waals surface area contributed by atoms with Gasteiger partial charge in [0.25, 0.3) is 5.91 Å². The highest BCUT2D eigenvalue weighted by Gasteiger charge is 2.59. The van der Waals surface area contributed by atoms with Gasteiger partial charge in [-0.25, -0.2) is 15.0 Å². The van der Waals surface area contributed by atoms with Crippen LogP contribution < -0.4 is 5.73 Å². The number of aliphatic hydroxyl groups is 3. The number of hydrogen-bond donors (Lipinski definition) is 4. The first kappa shape index (κ1) is 19.3. The molecule has 0 spiro atoms. The molecule has 5 atom stereocenters. The summed E-state index contributed by atoms with van der Waals surface area (Å²) >= 11 is 0. The number of aromatic nitrogens is 4. The molecule has 0 amide bonds. The lowest BCUT2D eigenvalue weighted by atomic mass is 9.89. The molecule has 10 heteroatoms. The predicted octanol–water partition coefficient (Wildman–Crippen LogP) is 0.226. The molecule has 1 aliphatic heterocycles. The maximum Gasteiger partial charge on any atom is 0.289 e. The molecule has 10 nitrogen and oxygen atoms in total. The number of anilines is 1. The molecule has 0 bridgehead atoms. The van der Waals surface area contributed by atoms with E-state index in [-0.39, 0.29) is 11.5 Å². The Morgan fingerprint density at radius 2 is 2.07 bits per heavy atom. The fourth-order valence-electron chi connectivity index (χ4n) is 4.39. The monoisotopic (exact) mass is 413 g/mol. The van der Waals surface area contributed by atoms with Crippen LogP contribution in [-0.4, -0.2) is 59.8 Å². The number of nitrogens with zero attached hydrogens (tertiary/aromatic N) is 4. The first-order valence-electron chi connectivity index (χ1n) is 9.89. The van der Waals surface area contributed by atoms with Gasteiger partial charge in [0.15, 0.2) is 17.6 Å². The van der Waals surface area contributed by atoms with Crippen LogP contribution in [0.25, 0.3) is 11.2 Å². The Kier molecular flexibility index (Phi) is 4.68. The maximum absolute atomic E-state index is 11.1. The summed E-state index contributed by atoms with van der Waals surface area (Å²) in [6.07, 6.45) is 0.898. The summed E-state index contributed by atoms with van der Waals surface area (Å²) in [5.41, 5.74) is 8.69. The molecule has 3 aromatic rings. The number of fused-ring (bicyclic) bond motifs is 2. The predicted molar refractivity (Wildman–Crippen MR) is 105 cm³/mol. The van der Waals surface area contributed by atoms with E-state index in [1.165, 1.54) is 17.2 Å². The minimum Gasteiger partial charge on any atom is -0.394 e. The van der Waals surface area contributed by atoms with E-state index in [9.17, 15) is 15.3 Å². The fraction of sp³-hybridized carbons (Fsp3) is 0.450. The standard InChI is InChI=1S/C20H23N5O5/c21-18-15-19(23-9-22-18)25(10-24-15)20(17(28)16(27)14(8-26)30-20)29-13-7-3-5-11-4-1-2-6-12(11)13/h1-2,4,6,9-10,13-14,16-17,26-28H,3,5,7-8H2,(H2,21,22,23)/t13?,14-,16-,17-,20-/m1/s1. The lowest BCUT2D eigenvalue weighted by Crippen LogP contribution is -2.48. The summed E-state index contributed by atoms with van der Waals surface area (Å²) < 4.78 is 13.9. The molecule has 1 fully saturated rings. The third-order valence-corrected chi connectivity index (χ3v) is 5.90. The zero-order chi connectivity index (χ0) is 20.9. The Hall–Kier alpha value is -2.63. The Morgan fingerprint density at radius 1 is 1.23 bits per heavy atom. The lowest BCUT2D eigenvalue weighted by Gasteiger charge is -2.38. The van der Waals surface area contributed by atoms with Crippen molar-refractivity contribution >= 4 is 17.0 Å². The number of benzene rings is 1. The number of ether oxygens (including phenoxy) is 2. The van der Waals surface area contributed by atoms with Gasteiger partial charge >= 0.3 is 0 Å². The molecule has 2 aliphatic rings. The van der Waals surface area contributed by atoms with E-state index >= 15 is 0 Å². The Morgan fingerprint density at radius 3 is 2.87 bits per heavy atom. The second kappa shape index (κ2) is 7.25. The summed E-state index contributed by atoms with van der Waals surface area (Å²) in [7, 11) is 0. The van der Waals surface area contributed by atoms with E-state index in [1.807, 2.05) is 18.2 Å². The quantitative estimate of drug-likeness (QED) is 0.471. The SMILES string of the molecule is Nc1ncnc2c1ncn2[C@]1(OC2CCCc3ccccc32)O[C@H](CO)[C@@H](O)[C@H]1O. The highest BCUT2D eigenvalue weighted by Crippen LogP contribution is 2.44. The third-order valence-electron chi connectivity index (χ3n) is 5.90. The smallest absolute Gasteiger partial charge is 0.289 e. The van der Waals surface area contributed by atoms with Crippen LogP contribution in [-0.2, 0) is 21.8 Å². The average Bonchev–Trinajstić information content (AvgIpc) is 3.31. The number of aryl methyl sites for hydroxylation is 1. The van der Waals surface area contributed by atoms with Gasteiger partial charge in [0, 0.05) is 0 Å². The van der Waals surface area contributed by atoms with E-state index in [1.54, 1.807) is 0 Å². The van der Waals surface area contributed by atoms with Crippen LogP contribution in [0.5, 0.6) is 0 Å². The summed E-state index contributed by atoms with van der Waals surface area (Å²) in [6.45, 7) is -0.492. The number of rotatable bonds is 4. The van der Waals surface area contributed by atoms with Gasteiger partial charge in [0.05, 0.1) is 12.7 Å². The van der Waals surface area contributed by atoms with Crippen molar-refractivity contribution in [3.63, 3.8) is 0 Å². The molecule has 1 aromatic carbocycles. The molecule has 0 radical (unpaired) electrons. The summed E-state index contributed by atoms with van der Waals surface area (Å²) in [5.74, 6) is -1.68. The van der Waals surface area contributed by atoms with Crippen molar-refractivity contribution in [3.8, 4) is 0 Å². The fourth-order valence-corrected chi connectivity index (χ4v) is 4.39. The normalized spacial score (nSPS) is 31.2. The Balaban J connectivity index is 1.65. The lowest BCUT2D eigenvalue weighted by molar-refractivity contribution is -0.335. The van der Waals surface area contributed by atoms with E-state index in [4.69, 9.17) is 15.2 Å². The molecule has 30 heavy (non-hydrogen) atoms. The van der Waals surface area contributed by atoms with Gasteiger partial charge in [-0.2, -0.15) is 0 Å². The molecule has 2 aromatic heterocycles. The van der Waals surface area contributed by atoms with Crippen molar-refractivity contribution in [2.24, 2.45) is 0 Å². The van der Waals surface area contributed by atoms with Crippen molar-refractivity contribution in [1.29, 1.82) is 0 Å². The van der Waals surface area contributed by atoms with Gasteiger partial charge in [-0.05, 0) is 30.4 Å². The van der Waals surface area contributed by atoms with E-state index < -0.39 is 36.9 Å². The number of aliphatic hydroxyl groups excluding tert-OH is 3. The Bertz CT molecular complexity index is 1070. The average molecular weight is 413 g/mol. The minimum absolute atomic E-state index is 0.170. The topological polar surface area (TPSA) is 149 Å². The van der Waals surface area contributed by atoms with Gasteiger partial charge in [-0.3, -0.25) is 4.57 Å². The van der Waals surface area contributed by atoms with Gasteiger partial charge in [0.1, 0.15) is 30.4 Å². The summed E-state index contributed by atoms with van der Waals surface area (Å²) in [6, 6.07) is 7.95. The second-order valence-corrected chi connectivity index (χ2v) is 7.65. The van der Waals surface area contributed by atoms with Gasteiger partial charge in [-0.1, -0.05) is 24.3 Å². The van der Waals surface area contributed by atoms with Crippen LogP contribution in [0.2, 0.25) is 0 Å². The molecule has 3 heterocycles. The van der Waals surface area contributed by atoms with Crippen molar-refractivity contribution in [2.75, 3.05) is 12.3 Å². The first-order chi connectivity index (χ1) is 14.5. The molecular weight excluding hydrogens is 390 g/mol. The largest absolute Gasteiger partial charge is 0.394 e. The highest BCUT2D eigenvalue weighted by atomic mass is 16.8. The van der Waals surface area contributed by atoms with Crippen LogP contribution in [0.15, 0.2) is 36.9 Å². The summed E-state index contributed by atoms with van der Waals surface area (Å²) in [4.78, 5) is 12.4. The van der Waals surface area contributed by atoms with Crippen molar-refractivity contribution in [2.45, 2.75) is 49.6 Å². The Labute approximate surface area is 171 Å². The van der Waals surface area contributed by atoms with E-state index in [2.05, 4.69) is 21.0 Å². The van der Waals surface area contributed by atoms with E-state index in [0.29, 0.717) is 11.9 Å². The molecule has 1 saturated heterocycles. The van der Waals surface area contributed by atoms with Crippen molar-refractivity contribution < 1.29 is 24.8 Å². The third kappa shape index (κ3) is 2.80. The van der Waals surface area contributed by atoms with Gasteiger partial charge < -0.3 is 30.5 Å². The molecule has 5 rings (SSSR count). The zero-order valence-electron chi connectivity index (χ0n) is 16.1. The van der Waals surface area contributed by atoms with Crippen LogP contribution >= 0.6 is 0 Å². The molecular formula is C20H23N5O5. The minimum atomic E-state index is -1.85. The summed E-state index contributed by atoms with van der Waals surface area (Å²) in [5, 5.41) is 31.3. The number of nitrogen functional groups attached to an aromatic ring is 1. The first-order valence-corrected chi connectivity index (χ1v) is 9.89. The van der Waals surface area contributed by atoms with Crippen LogP contribution in [0.1, 0.15) is 30.1 Å². The molecule has 1 unspecified atom stereocenters. The van der Waals surface area contributed by atoms with Crippen LogP contribution in [0, 0.1) is 0 Å². The molecule has 158 valence electrons. The van der Waals surface area contributed by atoms with Gasteiger partial charge in [-0.15, -0.1) is 0 Å². The number of imidazole rings is 1. The second-order valence-electron chi connectivity index (χ2n) is 7.65. The van der Waals surface area contributed by atoms with Gasteiger partial charge in [0.2, 0.25) is 0 Å². The number of nitrogens with two attached hydrogens (primary N) is 1. The maximum atomic E-state index is 11.1. The van der Waals surface area contributed by atoms with Crippen molar-refractivity contribution in [3.05, 3.63) is 48.0 Å². The zero-order valence-corrected chi connectivity index (χ0v) is 16.1.